The summed E-state index contributed by atoms with van der Waals surface area (Å²) in [5, 5.41) is 4.31. The second kappa shape index (κ2) is 8.61. The predicted octanol–water partition coefficient (Wildman–Crippen LogP) is 3.86. The summed E-state index contributed by atoms with van der Waals surface area (Å²) in [6.07, 6.45) is 0. The molecule has 0 spiro atoms. The first-order valence-electron chi connectivity index (χ1n) is 9.04. The summed E-state index contributed by atoms with van der Waals surface area (Å²) < 4.78 is 0. The van der Waals surface area contributed by atoms with Gasteiger partial charge in [-0.3, -0.25) is 4.79 Å². The molecule has 2 aromatic carbocycles. The highest BCUT2D eigenvalue weighted by Gasteiger charge is 2.27. The maximum absolute atomic E-state index is 12.3. The van der Waals surface area contributed by atoms with Crippen LogP contribution in [-0.4, -0.2) is 56.5 Å². The largest absolute Gasteiger partial charge is 0.351 e. The van der Waals surface area contributed by atoms with Crippen molar-refractivity contribution in [1.29, 1.82) is 0 Å². The van der Waals surface area contributed by atoms with Crippen LogP contribution in [-0.2, 0) is 6.54 Å². The molecule has 3 rings (SSSR count). The number of fused-ring (bicyclic) bond motifs is 1. The van der Waals surface area contributed by atoms with Crippen LogP contribution in [0.4, 0.5) is 0 Å². The normalized spacial score (nSPS) is 17.0. The third-order valence-electron chi connectivity index (χ3n) is 4.91. The third kappa shape index (κ3) is 4.82. The van der Waals surface area contributed by atoms with E-state index in [9.17, 15) is 4.79 Å². The van der Waals surface area contributed by atoms with Gasteiger partial charge in [0.1, 0.15) is 0 Å². The summed E-state index contributed by atoms with van der Waals surface area (Å²) in [5.41, 5.74) is 4.14. The number of hydrogen-bond acceptors (Lipinski definition) is 3. The van der Waals surface area contributed by atoms with Crippen molar-refractivity contribution in [1.82, 2.24) is 15.1 Å². The van der Waals surface area contributed by atoms with Gasteiger partial charge in [-0.2, -0.15) is 0 Å². The van der Waals surface area contributed by atoms with Gasteiger partial charge in [-0.05, 0) is 62.1 Å². The van der Waals surface area contributed by atoms with Gasteiger partial charge < -0.3 is 15.1 Å². The fraction of sp³-hybridized carbons (Fsp3) is 0.381. The topological polar surface area (TPSA) is 35.6 Å². The van der Waals surface area contributed by atoms with Crippen molar-refractivity contribution in [2.75, 3.05) is 40.8 Å². The molecular weight excluding hydrogens is 381 g/mol. The number of nitrogens with zero attached hydrogens (tertiary/aromatic N) is 2. The quantitative estimate of drug-likeness (QED) is 0.819. The third-order valence-corrected chi connectivity index (χ3v) is 5.47. The molecule has 0 bridgehead atoms. The Morgan fingerprint density at radius 3 is 2.59 bits per heavy atom. The Morgan fingerprint density at radius 1 is 1.22 bits per heavy atom. The van der Waals surface area contributed by atoms with Gasteiger partial charge in [0.2, 0.25) is 0 Å². The maximum Gasteiger partial charge on any atom is 0.251 e. The Hall–Kier alpha value is -1.59. The number of nitrogens with one attached hydrogen (secondary N) is 1. The molecule has 2 aromatic rings. The van der Waals surface area contributed by atoms with Gasteiger partial charge in [-0.15, -0.1) is 0 Å². The van der Waals surface area contributed by atoms with Crippen molar-refractivity contribution < 1.29 is 4.79 Å². The minimum absolute atomic E-state index is 0.0457. The van der Waals surface area contributed by atoms with Crippen molar-refractivity contribution >= 4 is 29.1 Å². The zero-order chi connectivity index (χ0) is 19.6. The minimum atomic E-state index is -0.0457. The van der Waals surface area contributed by atoms with Crippen LogP contribution in [0.3, 0.4) is 0 Å². The van der Waals surface area contributed by atoms with Crippen molar-refractivity contribution in [3.05, 3.63) is 68.7 Å². The number of hydrogen-bond donors (Lipinski definition) is 1. The average Bonchev–Trinajstić information content (AvgIpc) is 2.61. The Labute approximate surface area is 171 Å². The number of carbonyl (C=O) groups excluding carboxylic acids is 1. The monoisotopic (exact) mass is 405 g/mol. The maximum atomic E-state index is 12.3. The summed E-state index contributed by atoms with van der Waals surface area (Å²) in [4.78, 5) is 16.6. The zero-order valence-electron chi connectivity index (χ0n) is 15.9. The molecule has 0 fully saturated rings. The molecule has 4 nitrogen and oxygen atoms in total. The number of halogens is 2. The van der Waals surface area contributed by atoms with Gasteiger partial charge in [0, 0.05) is 47.7 Å². The molecule has 27 heavy (non-hydrogen) atoms. The molecule has 0 aromatic heterocycles. The first-order chi connectivity index (χ1) is 12.8. The van der Waals surface area contributed by atoms with Crippen molar-refractivity contribution in [3.8, 4) is 0 Å². The first kappa shape index (κ1) is 20.2. The van der Waals surface area contributed by atoms with E-state index >= 15 is 0 Å². The predicted molar refractivity (Wildman–Crippen MR) is 112 cm³/mol. The summed E-state index contributed by atoms with van der Waals surface area (Å²) in [6.45, 7) is 3.15. The highest BCUT2D eigenvalue weighted by atomic mass is 35.5. The second-order valence-electron chi connectivity index (χ2n) is 7.39. The van der Waals surface area contributed by atoms with Crippen LogP contribution in [0.1, 0.15) is 33.0 Å². The lowest BCUT2D eigenvalue weighted by atomic mass is 9.84. The van der Waals surface area contributed by atoms with E-state index in [0.717, 1.165) is 30.8 Å². The molecule has 144 valence electrons. The lowest BCUT2D eigenvalue weighted by Gasteiger charge is -2.33. The number of amides is 1. The fourth-order valence-electron chi connectivity index (χ4n) is 3.49. The van der Waals surface area contributed by atoms with Crippen molar-refractivity contribution in [3.63, 3.8) is 0 Å². The van der Waals surface area contributed by atoms with E-state index in [-0.39, 0.29) is 11.8 Å². The van der Waals surface area contributed by atoms with Gasteiger partial charge in [-0.1, -0.05) is 35.3 Å². The van der Waals surface area contributed by atoms with Crippen LogP contribution in [0.15, 0.2) is 36.4 Å². The van der Waals surface area contributed by atoms with Gasteiger partial charge >= 0.3 is 0 Å². The fourth-order valence-corrected chi connectivity index (χ4v) is 4.06. The van der Waals surface area contributed by atoms with Gasteiger partial charge in [-0.25, -0.2) is 0 Å². The van der Waals surface area contributed by atoms with E-state index in [1.165, 1.54) is 5.56 Å². The highest BCUT2D eigenvalue weighted by molar-refractivity contribution is 6.35. The van der Waals surface area contributed by atoms with E-state index in [1.54, 1.807) is 6.07 Å². The average molecular weight is 406 g/mol. The summed E-state index contributed by atoms with van der Waals surface area (Å²) >= 11 is 12.7. The molecule has 0 aliphatic carbocycles. The summed E-state index contributed by atoms with van der Waals surface area (Å²) in [5.74, 6) is 0.136. The van der Waals surface area contributed by atoms with Crippen LogP contribution >= 0.6 is 23.2 Å². The molecule has 1 unspecified atom stereocenters. The molecule has 0 saturated heterocycles. The number of carbonyl (C=O) groups is 1. The summed E-state index contributed by atoms with van der Waals surface area (Å²) in [6, 6.07) is 11.7. The zero-order valence-corrected chi connectivity index (χ0v) is 17.4. The highest BCUT2D eigenvalue weighted by Crippen LogP contribution is 2.38. The van der Waals surface area contributed by atoms with Gasteiger partial charge in [0.25, 0.3) is 5.91 Å². The molecule has 1 heterocycles. The van der Waals surface area contributed by atoms with Crippen molar-refractivity contribution in [2.45, 2.75) is 12.5 Å². The van der Waals surface area contributed by atoms with Crippen molar-refractivity contribution in [2.24, 2.45) is 0 Å². The second-order valence-corrected chi connectivity index (χ2v) is 8.23. The smallest absolute Gasteiger partial charge is 0.251 e. The molecule has 1 aliphatic heterocycles. The standard InChI is InChI=1S/C21H25Cl2N3O/c1-25(2)9-8-24-21(27)15-6-4-14(5-7-15)18-12-26(3)13-19-17(18)10-16(22)11-20(19)23/h4-7,10-11,18H,8-9,12-13H2,1-3H3,(H,24,27). The van der Waals surface area contributed by atoms with E-state index < -0.39 is 0 Å². The Balaban J connectivity index is 1.81. The molecule has 1 atom stereocenters. The minimum Gasteiger partial charge on any atom is -0.351 e. The van der Waals surface area contributed by atoms with E-state index in [0.29, 0.717) is 22.2 Å². The Morgan fingerprint density at radius 2 is 1.93 bits per heavy atom. The number of likely N-dealkylation sites (N-methyl/N-ethyl adjacent to an activating group) is 2. The van der Waals surface area contributed by atoms with Crippen LogP contribution in [0, 0.1) is 0 Å². The Bertz CT molecular complexity index is 821. The Kier molecular flexibility index (Phi) is 6.43. The molecule has 0 saturated carbocycles. The van der Waals surface area contributed by atoms with E-state index in [4.69, 9.17) is 23.2 Å². The first-order valence-corrected chi connectivity index (χ1v) is 9.80. The van der Waals surface area contributed by atoms with E-state index in [1.807, 2.05) is 49.3 Å². The molecule has 1 aliphatic rings. The molecular formula is C21H25Cl2N3O. The lowest BCUT2D eigenvalue weighted by molar-refractivity contribution is 0.0951. The molecule has 1 N–H and O–H groups in total. The lowest BCUT2D eigenvalue weighted by Crippen LogP contribution is -2.32. The van der Waals surface area contributed by atoms with Gasteiger partial charge in [0.05, 0.1) is 0 Å². The van der Waals surface area contributed by atoms with Crippen LogP contribution < -0.4 is 5.32 Å². The summed E-state index contributed by atoms with van der Waals surface area (Å²) in [7, 11) is 6.06. The van der Waals surface area contributed by atoms with Crippen LogP contribution in [0.25, 0.3) is 0 Å². The van der Waals surface area contributed by atoms with Crippen LogP contribution in [0.5, 0.6) is 0 Å². The SMILES string of the molecule is CN(C)CCNC(=O)c1ccc(C2CN(C)Cc3c(Cl)cc(Cl)cc32)cc1. The van der Waals surface area contributed by atoms with E-state index in [2.05, 4.69) is 17.3 Å². The molecule has 1 amide bonds. The number of benzene rings is 2. The van der Waals surface area contributed by atoms with Gasteiger partial charge in [0.15, 0.2) is 0 Å². The molecule has 6 heteroatoms. The van der Waals surface area contributed by atoms with Crippen LogP contribution in [0.2, 0.25) is 10.0 Å². The molecule has 0 radical (unpaired) electrons. The number of rotatable bonds is 5.